The lowest BCUT2D eigenvalue weighted by molar-refractivity contribution is 0.0454. The zero-order valence-electron chi connectivity index (χ0n) is 14.7. The van der Waals surface area contributed by atoms with Crippen LogP contribution in [0.15, 0.2) is 59.8 Å². The summed E-state index contributed by atoms with van der Waals surface area (Å²) in [6.07, 6.45) is 4.22. The molecule has 1 aliphatic carbocycles. The van der Waals surface area contributed by atoms with Gasteiger partial charge in [0.05, 0.1) is 31.9 Å². The first kappa shape index (κ1) is 19.0. The Hall–Kier alpha value is -2.80. The SMILES string of the molecule is O=Cc1ccc(CN(C(=O)N2CCOCC2)C2=C(F)CC(F)=CC=C2)cc1. The fourth-order valence-corrected chi connectivity index (χ4v) is 2.93. The first-order valence-corrected chi connectivity index (χ1v) is 8.68. The second kappa shape index (κ2) is 8.73. The van der Waals surface area contributed by atoms with Gasteiger partial charge >= 0.3 is 6.03 Å². The quantitative estimate of drug-likeness (QED) is 0.755. The Morgan fingerprint density at radius 1 is 1.19 bits per heavy atom. The van der Waals surface area contributed by atoms with Gasteiger partial charge < -0.3 is 9.64 Å². The molecule has 5 nitrogen and oxygen atoms in total. The number of rotatable bonds is 4. The van der Waals surface area contributed by atoms with Crippen LogP contribution in [0.2, 0.25) is 0 Å². The summed E-state index contributed by atoms with van der Waals surface area (Å²) in [4.78, 5) is 26.8. The Kier molecular flexibility index (Phi) is 6.13. The van der Waals surface area contributed by atoms with E-state index in [0.29, 0.717) is 31.9 Å². The van der Waals surface area contributed by atoms with Gasteiger partial charge in [0.25, 0.3) is 0 Å². The summed E-state index contributed by atoms with van der Waals surface area (Å²) in [7, 11) is 0. The Balaban J connectivity index is 1.91. The lowest BCUT2D eigenvalue weighted by Gasteiger charge is -2.33. The minimum Gasteiger partial charge on any atom is -0.378 e. The highest BCUT2D eigenvalue weighted by atomic mass is 19.1. The van der Waals surface area contributed by atoms with Crippen LogP contribution in [0.5, 0.6) is 0 Å². The first-order valence-electron chi connectivity index (χ1n) is 8.68. The molecule has 2 amide bonds. The Bertz CT molecular complexity index is 794. The molecule has 27 heavy (non-hydrogen) atoms. The molecule has 1 aromatic rings. The molecule has 0 aromatic heterocycles. The van der Waals surface area contributed by atoms with Crippen LogP contribution in [0.4, 0.5) is 13.6 Å². The van der Waals surface area contributed by atoms with E-state index in [0.717, 1.165) is 11.8 Å². The zero-order chi connectivity index (χ0) is 19.2. The van der Waals surface area contributed by atoms with Gasteiger partial charge in [0.1, 0.15) is 17.9 Å². The number of halogens is 2. The maximum atomic E-state index is 14.6. The van der Waals surface area contributed by atoms with E-state index in [1.165, 1.54) is 23.1 Å². The van der Waals surface area contributed by atoms with Gasteiger partial charge in [-0.25, -0.2) is 13.6 Å². The van der Waals surface area contributed by atoms with E-state index >= 15 is 0 Å². The zero-order valence-corrected chi connectivity index (χ0v) is 14.7. The number of amides is 2. The molecule has 0 unspecified atom stereocenters. The Morgan fingerprint density at radius 2 is 1.89 bits per heavy atom. The predicted octanol–water partition coefficient (Wildman–Crippen LogP) is 3.75. The van der Waals surface area contributed by atoms with Gasteiger partial charge in [-0.2, -0.15) is 0 Å². The molecular weight excluding hydrogens is 354 g/mol. The molecule has 142 valence electrons. The molecule has 0 N–H and O–H groups in total. The molecule has 2 aliphatic rings. The van der Waals surface area contributed by atoms with Gasteiger partial charge in [0.2, 0.25) is 0 Å². The molecule has 0 bridgehead atoms. The minimum atomic E-state index is -0.705. The van der Waals surface area contributed by atoms with Crippen LogP contribution >= 0.6 is 0 Å². The number of allylic oxidation sites excluding steroid dienone is 5. The number of ether oxygens (including phenoxy) is 1. The highest BCUT2D eigenvalue weighted by Gasteiger charge is 2.27. The number of carbonyl (C=O) groups excluding carboxylic acids is 2. The first-order chi connectivity index (χ1) is 13.1. The van der Waals surface area contributed by atoms with Crippen molar-refractivity contribution in [3.8, 4) is 0 Å². The third kappa shape index (κ3) is 4.68. The third-order valence-electron chi connectivity index (χ3n) is 4.39. The standard InChI is InChI=1S/C20H20F2N2O3/c21-17-2-1-3-19(18(22)12-17)24(20(26)23-8-10-27-11-9-23)13-15-4-6-16(14-25)7-5-15/h1-7,14H,8-13H2. The molecule has 1 aromatic carbocycles. The summed E-state index contributed by atoms with van der Waals surface area (Å²) >= 11 is 0. The number of hydrogen-bond donors (Lipinski definition) is 0. The van der Waals surface area contributed by atoms with Crippen LogP contribution in [0.1, 0.15) is 22.3 Å². The van der Waals surface area contributed by atoms with E-state index in [9.17, 15) is 18.4 Å². The van der Waals surface area contributed by atoms with E-state index in [2.05, 4.69) is 0 Å². The molecule has 7 heteroatoms. The van der Waals surface area contributed by atoms with Crippen LogP contribution in [-0.4, -0.2) is 48.4 Å². The number of morpholine rings is 1. The van der Waals surface area contributed by atoms with Crippen molar-refractivity contribution in [3.05, 3.63) is 71.0 Å². The number of hydrogen-bond acceptors (Lipinski definition) is 3. The molecule has 0 saturated carbocycles. The number of aldehydes is 1. The number of urea groups is 1. The topological polar surface area (TPSA) is 49.9 Å². The van der Waals surface area contributed by atoms with Crippen LogP contribution in [0.3, 0.4) is 0 Å². The normalized spacial score (nSPS) is 17.4. The second-order valence-electron chi connectivity index (χ2n) is 6.27. The van der Waals surface area contributed by atoms with Crippen molar-refractivity contribution in [1.82, 2.24) is 9.80 Å². The van der Waals surface area contributed by atoms with E-state index in [1.807, 2.05) is 0 Å². The Labute approximate surface area is 156 Å². The van der Waals surface area contributed by atoms with Gasteiger partial charge in [0, 0.05) is 18.7 Å². The smallest absolute Gasteiger partial charge is 0.325 e. The summed E-state index contributed by atoms with van der Waals surface area (Å²) < 4.78 is 33.5. The van der Waals surface area contributed by atoms with Crippen molar-refractivity contribution in [3.63, 3.8) is 0 Å². The summed E-state index contributed by atoms with van der Waals surface area (Å²) in [5.74, 6) is -1.31. The molecule has 1 aliphatic heterocycles. The molecule has 3 rings (SSSR count). The van der Waals surface area contributed by atoms with E-state index in [-0.39, 0.29) is 18.3 Å². The van der Waals surface area contributed by atoms with Crippen molar-refractivity contribution in [2.75, 3.05) is 26.3 Å². The van der Waals surface area contributed by atoms with Crippen molar-refractivity contribution >= 4 is 12.3 Å². The molecular formula is C20H20F2N2O3. The second-order valence-corrected chi connectivity index (χ2v) is 6.27. The molecule has 0 radical (unpaired) electrons. The lowest BCUT2D eigenvalue weighted by atomic mass is 10.1. The number of benzene rings is 1. The summed E-state index contributed by atoms with van der Waals surface area (Å²) in [6, 6.07) is 6.32. The van der Waals surface area contributed by atoms with Crippen LogP contribution in [0.25, 0.3) is 0 Å². The summed E-state index contributed by atoms with van der Waals surface area (Å²) in [5.41, 5.74) is 1.28. The minimum absolute atomic E-state index is 0.0369. The molecule has 1 fully saturated rings. The summed E-state index contributed by atoms with van der Waals surface area (Å²) in [5, 5.41) is 0. The van der Waals surface area contributed by atoms with E-state index < -0.39 is 18.1 Å². The third-order valence-corrected chi connectivity index (χ3v) is 4.39. The van der Waals surface area contributed by atoms with Crippen LogP contribution < -0.4 is 0 Å². The molecule has 0 atom stereocenters. The van der Waals surface area contributed by atoms with Gasteiger partial charge in [-0.3, -0.25) is 9.69 Å². The number of carbonyl (C=O) groups is 2. The van der Waals surface area contributed by atoms with Gasteiger partial charge in [-0.05, 0) is 17.7 Å². The predicted molar refractivity (Wildman–Crippen MR) is 96.2 cm³/mol. The maximum absolute atomic E-state index is 14.6. The van der Waals surface area contributed by atoms with Crippen molar-refractivity contribution < 1.29 is 23.1 Å². The van der Waals surface area contributed by atoms with Crippen molar-refractivity contribution in [2.45, 2.75) is 13.0 Å². The fourth-order valence-electron chi connectivity index (χ4n) is 2.93. The molecule has 0 spiro atoms. The fraction of sp³-hybridized carbons (Fsp3) is 0.300. The lowest BCUT2D eigenvalue weighted by Crippen LogP contribution is -2.47. The maximum Gasteiger partial charge on any atom is 0.325 e. The largest absolute Gasteiger partial charge is 0.378 e. The van der Waals surface area contributed by atoms with Crippen LogP contribution in [0, 0.1) is 0 Å². The van der Waals surface area contributed by atoms with Gasteiger partial charge in [-0.15, -0.1) is 0 Å². The van der Waals surface area contributed by atoms with Gasteiger partial charge in [0.15, 0.2) is 0 Å². The van der Waals surface area contributed by atoms with E-state index in [1.54, 1.807) is 29.2 Å². The highest BCUT2D eigenvalue weighted by molar-refractivity contribution is 5.78. The molecule has 1 heterocycles. The van der Waals surface area contributed by atoms with Crippen molar-refractivity contribution in [1.29, 1.82) is 0 Å². The van der Waals surface area contributed by atoms with Crippen LogP contribution in [-0.2, 0) is 11.3 Å². The monoisotopic (exact) mass is 374 g/mol. The average Bonchev–Trinajstić information content (AvgIpc) is 2.86. The number of nitrogens with zero attached hydrogens (tertiary/aromatic N) is 2. The summed E-state index contributed by atoms with van der Waals surface area (Å²) in [6.45, 7) is 1.75. The average molecular weight is 374 g/mol. The van der Waals surface area contributed by atoms with Crippen molar-refractivity contribution in [2.24, 2.45) is 0 Å². The van der Waals surface area contributed by atoms with Gasteiger partial charge in [-0.1, -0.05) is 30.3 Å². The molecule has 1 saturated heterocycles. The van der Waals surface area contributed by atoms with E-state index in [4.69, 9.17) is 4.74 Å². The highest BCUT2D eigenvalue weighted by Crippen LogP contribution is 2.27. The Morgan fingerprint density at radius 3 is 2.56 bits per heavy atom.